The monoisotopic (exact) mass is 194 g/mol. The van der Waals surface area contributed by atoms with E-state index in [1.165, 1.54) is 6.07 Å². The maximum atomic E-state index is 10.5. The van der Waals surface area contributed by atoms with Crippen LogP contribution >= 0.6 is 0 Å². The van der Waals surface area contributed by atoms with Crippen LogP contribution in [0.2, 0.25) is 0 Å². The summed E-state index contributed by atoms with van der Waals surface area (Å²) >= 11 is 0. The third-order valence-electron chi connectivity index (χ3n) is 2.14. The predicted molar refractivity (Wildman–Crippen MR) is 55.0 cm³/mol. The molecule has 4 heteroatoms. The smallest absolute Gasteiger partial charge is 0.269 e. The van der Waals surface area contributed by atoms with Crippen molar-refractivity contribution in [2.75, 3.05) is 0 Å². The molecule has 0 aliphatic rings. The van der Waals surface area contributed by atoms with Gasteiger partial charge in [0.15, 0.2) is 0 Å². The molecule has 0 amide bonds. The summed E-state index contributed by atoms with van der Waals surface area (Å²) in [6.07, 6.45) is 1.81. The minimum Gasteiger partial charge on any atom is -0.326 e. The van der Waals surface area contributed by atoms with Crippen molar-refractivity contribution in [1.82, 2.24) is 0 Å². The van der Waals surface area contributed by atoms with Gasteiger partial charge in [-0.25, -0.2) is 0 Å². The van der Waals surface area contributed by atoms with Gasteiger partial charge in [0.2, 0.25) is 0 Å². The number of nitro benzene ring substituents is 1. The van der Waals surface area contributed by atoms with Crippen LogP contribution < -0.4 is 5.73 Å². The Bertz CT molecular complexity index is 337. The van der Waals surface area contributed by atoms with Gasteiger partial charge in [0.25, 0.3) is 5.69 Å². The molecule has 0 atom stereocenters. The highest BCUT2D eigenvalue weighted by atomic mass is 16.6. The number of nitrogens with zero attached hydrogens (tertiary/aromatic N) is 1. The Balaban J connectivity index is 3.07. The van der Waals surface area contributed by atoms with Crippen LogP contribution in [-0.2, 0) is 13.0 Å². The molecule has 0 fully saturated rings. The summed E-state index contributed by atoms with van der Waals surface area (Å²) in [7, 11) is 0. The van der Waals surface area contributed by atoms with Crippen LogP contribution in [0.25, 0.3) is 0 Å². The van der Waals surface area contributed by atoms with Gasteiger partial charge in [-0.2, -0.15) is 0 Å². The first-order valence-electron chi connectivity index (χ1n) is 4.65. The van der Waals surface area contributed by atoms with Crippen molar-refractivity contribution in [2.24, 2.45) is 5.73 Å². The van der Waals surface area contributed by atoms with E-state index in [0.29, 0.717) is 6.54 Å². The van der Waals surface area contributed by atoms with Gasteiger partial charge < -0.3 is 5.73 Å². The molecule has 76 valence electrons. The molecule has 0 heterocycles. The normalized spacial score (nSPS) is 10.1. The van der Waals surface area contributed by atoms with Crippen LogP contribution in [0.15, 0.2) is 18.2 Å². The second-order valence-electron chi connectivity index (χ2n) is 3.16. The summed E-state index contributed by atoms with van der Waals surface area (Å²) in [4.78, 5) is 10.2. The average Bonchev–Trinajstić information content (AvgIpc) is 2.18. The van der Waals surface area contributed by atoms with Gasteiger partial charge in [-0.3, -0.25) is 10.1 Å². The minimum absolute atomic E-state index is 0.144. The van der Waals surface area contributed by atoms with E-state index in [2.05, 4.69) is 0 Å². The van der Waals surface area contributed by atoms with Gasteiger partial charge in [-0.1, -0.05) is 19.4 Å². The lowest BCUT2D eigenvalue weighted by Gasteiger charge is -2.05. The van der Waals surface area contributed by atoms with E-state index < -0.39 is 0 Å². The quantitative estimate of drug-likeness (QED) is 0.588. The lowest BCUT2D eigenvalue weighted by Crippen LogP contribution is -2.02. The molecule has 0 radical (unpaired) electrons. The van der Waals surface area contributed by atoms with E-state index in [-0.39, 0.29) is 10.6 Å². The van der Waals surface area contributed by atoms with Crippen LogP contribution in [-0.4, -0.2) is 4.92 Å². The first kappa shape index (κ1) is 10.7. The van der Waals surface area contributed by atoms with Crippen molar-refractivity contribution in [1.29, 1.82) is 0 Å². The zero-order valence-corrected chi connectivity index (χ0v) is 8.19. The van der Waals surface area contributed by atoms with E-state index in [1.807, 2.05) is 6.92 Å². The molecule has 0 saturated heterocycles. The van der Waals surface area contributed by atoms with E-state index in [9.17, 15) is 10.1 Å². The van der Waals surface area contributed by atoms with Crippen molar-refractivity contribution in [3.05, 3.63) is 39.4 Å². The fraction of sp³-hybridized carbons (Fsp3) is 0.400. The standard InChI is InChI=1S/C10H14N2O2/c1-2-3-8-6-10(12(13)14)5-4-9(8)7-11/h4-6H,2-3,7,11H2,1H3. The third kappa shape index (κ3) is 2.29. The molecule has 1 aromatic carbocycles. The molecule has 0 aliphatic heterocycles. The number of nitro groups is 1. The fourth-order valence-corrected chi connectivity index (χ4v) is 1.43. The fourth-order valence-electron chi connectivity index (χ4n) is 1.43. The second-order valence-corrected chi connectivity index (χ2v) is 3.16. The van der Waals surface area contributed by atoms with Gasteiger partial charge in [-0.05, 0) is 17.5 Å². The largest absolute Gasteiger partial charge is 0.326 e. The molecule has 0 aromatic heterocycles. The first-order chi connectivity index (χ1) is 6.69. The molecule has 14 heavy (non-hydrogen) atoms. The molecule has 1 aromatic rings. The summed E-state index contributed by atoms with van der Waals surface area (Å²) in [6, 6.07) is 4.86. The molecule has 0 spiro atoms. The highest BCUT2D eigenvalue weighted by Crippen LogP contribution is 2.18. The number of hydrogen-bond acceptors (Lipinski definition) is 3. The third-order valence-corrected chi connectivity index (χ3v) is 2.14. The van der Waals surface area contributed by atoms with Crippen molar-refractivity contribution in [2.45, 2.75) is 26.3 Å². The summed E-state index contributed by atoms with van der Waals surface area (Å²) in [6.45, 7) is 2.48. The molecular formula is C10H14N2O2. The van der Waals surface area contributed by atoms with Gasteiger partial charge in [0, 0.05) is 18.7 Å². The van der Waals surface area contributed by atoms with Crippen LogP contribution in [0.4, 0.5) is 5.69 Å². The van der Waals surface area contributed by atoms with Crippen LogP contribution in [0.3, 0.4) is 0 Å². The zero-order valence-electron chi connectivity index (χ0n) is 8.19. The predicted octanol–water partition coefficient (Wildman–Crippen LogP) is 2.01. The van der Waals surface area contributed by atoms with Crippen molar-refractivity contribution in [3.63, 3.8) is 0 Å². The highest BCUT2D eigenvalue weighted by Gasteiger charge is 2.08. The lowest BCUT2D eigenvalue weighted by molar-refractivity contribution is -0.384. The van der Waals surface area contributed by atoms with Crippen molar-refractivity contribution >= 4 is 5.69 Å². The van der Waals surface area contributed by atoms with Crippen LogP contribution in [0.1, 0.15) is 24.5 Å². The number of non-ortho nitro benzene ring substituents is 1. The Morgan fingerprint density at radius 2 is 2.14 bits per heavy atom. The van der Waals surface area contributed by atoms with Gasteiger partial charge >= 0.3 is 0 Å². The number of benzene rings is 1. The maximum Gasteiger partial charge on any atom is 0.269 e. The van der Waals surface area contributed by atoms with E-state index in [1.54, 1.807) is 12.1 Å². The lowest BCUT2D eigenvalue weighted by atomic mass is 10.0. The van der Waals surface area contributed by atoms with Gasteiger partial charge in [0.1, 0.15) is 0 Å². The number of rotatable bonds is 4. The average molecular weight is 194 g/mol. The Labute approximate surface area is 82.9 Å². The topological polar surface area (TPSA) is 69.2 Å². The van der Waals surface area contributed by atoms with E-state index in [0.717, 1.165) is 24.0 Å². The summed E-state index contributed by atoms with van der Waals surface area (Å²) < 4.78 is 0. The minimum atomic E-state index is -0.376. The SMILES string of the molecule is CCCc1cc([N+](=O)[O-])ccc1CN. The molecular weight excluding hydrogens is 180 g/mol. The molecule has 1 rings (SSSR count). The molecule has 0 bridgehead atoms. The molecule has 4 nitrogen and oxygen atoms in total. The Kier molecular flexibility index (Phi) is 3.59. The first-order valence-corrected chi connectivity index (χ1v) is 4.65. The molecule has 0 saturated carbocycles. The maximum absolute atomic E-state index is 10.5. The summed E-state index contributed by atoms with van der Waals surface area (Å²) in [5.74, 6) is 0. The zero-order chi connectivity index (χ0) is 10.6. The number of hydrogen-bond donors (Lipinski definition) is 1. The molecule has 0 aliphatic carbocycles. The van der Waals surface area contributed by atoms with Gasteiger partial charge in [-0.15, -0.1) is 0 Å². The second kappa shape index (κ2) is 4.72. The van der Waals surface area contributed by atoms with Crippen LogP contribution in [0.5, 0.6) is 0 Å². The van der Waals surface area contributed by atoms with Crippen LogP contribution in [0, 0.1) is 10.1 Å². The van der Waals surface area contributed by atoms with Crippen molar-refractivity contribution < 1.29 is 4.92 Å². The number of nitrogens with two attached hydrogens (primary N) is 1. The Morgan fingerprint density at radius 1 is 1.43 bits per heavy atom. The Hall–Kier alpha value is -1.42. The van der Waals surface area contributed by atoms with Crippen molar-refractivity contribution in [3.8, 4) is 0 Å². The highest BCUT2D eigenvalue weighted by molar-refractivity contribution is 5.39. The Morgan fingerprint density at radius 3 is 2.64 bits per heavy atom. The summed E-state index contributed by atoms with van der Waals surface area (Å²) in [5, 5.41) is 10.5. The van der Waals surface area contributed by atoms with Gasteiger partial charge in [0.05, 0.1) is 4.92 Å². The van der Waals surface area contributed by atoms with E-state index >= 15 is 0 Å². The van der Waals surface area contributed by atoms with E-state index in [4.69, 9.17) is 5.73 Å². The molecule has 2 N–H and O–H groups in total. The summed E-state index contributed by atoms with van der Waals surface area (Å²) in [5.41, 5.74) is 7.67. The number of aryl methyl sites for hydroxylation is 1. The molecule has 0 unspecified atom stereocenters.